The van der Waals surface area contributed by atoms with Crippen molar-refractivity contribution in [3.05, 3.63) is 66.1 Å². The Balaban J connectivity index is 1.64. The SMILES string of the molecule is CCC(SC1=NC(=Cc2cccnc2)C(=O)N1c1ccccc1)C(=O)N1CCOCC1. The maximum absolute atomic E-state index is 13.3. The number of amidine groups is 1. The third-order valence-electron chi connectivity index (χ3n) is 5.05. The molecular formula is C23H24N4O3S. The summed E-state index contributed by atoms with van der Waals surface area (Å²) in [6.07, 6.45) is 5.73. The second kappa shape index (κ2) is 9.89. The number of thioether (sulfide) groups is 1. The Hall–Kier alpha value is -2.97. The van der Waals surface area contributed by atoms with E-state index in [1.165, 1.54) is 11.8 Å². The number of morpholine rings is 1. The lowest BCUT2D eigenvalue weighted by Gasteiger charge is -2.30. The Labute approximate surface area is 185 Å². The Morgan fingerprint density at radius 2 is 1.97 bits per heavy atom. The lowest BCUT2D eigenvalue weighted by molar-refractivity contribution is -0.134. The van der Waals surface area contributed by atoms with Gasteiger partial charge >= 0.3 is 0 Å². The summed E-state index contributed by atoms with van der Waals surface area (Å²) in [4.78, 5) is 38.5. The van der Waals surface area contributed by atoms with Crippen LogP contribution in [0.4, 0.5) is 5.69 Å². The highest BCUT2D eigenvalue weighted by atomic mass is 32.2. The van der Waals surface area contributed by atoms with Crippen LogP contribution in [0.2, 0.25) is 0 Å². The van der Waals surface area contributed by atoms with Crippen molar-refractivity contribution in [3.8, 4) is 0 Å². The first-order valence-corrected chi connectivity index (χ1v) is 11.2. The smallest absolute Gasteiger partial charge is 0.283 e. The second-order valence-electron chi connectivity index (χ2n) is 7.14. The molecule has 160 valence electrons. The number of anilines is 1. The van der Waals surface area contributed by atoms with Gasteiger partial charge in [-0.05, 0) is 36.3 Å². The van der Waals surface area contributed by atoms with Gasteiger partial charge in [0.2, 0.25) is 5.91 Å². The Kier molecular flexibility index (Phi) is 6.79. The van der Waals surface area contributed by atoms with E-state index in [-0.39, 0.29) is 17.1 Å². The maximum atomic E-state index is 13.3. The lowest BCUT2D eigenvalue weighted by atomic mass is 10.2. The fourth-order valence-corrected chi connectivity index (χ4v) is 4.54. The van der Waals surface area contributed by atoms with Crippen molar-refractivity contribution in [1.29, 1.82) is 0 Å². The van der Waals surface area contributed by atoms with Gasteiger partial charge in [0, 0.05) is 25.5 Å². The van der Waals surface area contributed by atoms with Crippen LogP contribution >= 0.6 is 11.8 Å². The van der Waals surface area contributed by atoms with Crippen LogP contribution in [0, 0.1) is 0 Å². The highest BCUT2D eigenvalue weighted by molar-refractivity contribution is 8.15. The van der Waals surface area contributed by atoms with E-state index >= 15 is 0 Å². The summed E-state index contributed by atoms with van der Waals surface area (Å²) in [6, 6.07) is 13.1. The predicted molar refractivity (Wildman–Crippen MR) is 123 cm³/mol. The summed E-state index contributed by atoms with van der Waals surface area (Å²) in [6.45, 7) is 4.28. The van der Waals surface area contributed by atoms with Crippen LogP contribution in [-0.4, -0.2) is 58.4 Å². The molecule has 2 aromatic rings. The second-order valence-corrected chi connectivity index (χ2v) is 8.31. The van der Waals surface area contributed by atoms with E-state index in [2.05, 4.69) is 9.98 Å². The van der Waals surface area contributed by atoms with Crippen LogP contribution in [0.3, 0.4) is 0 Å². The molecule has 7 nitrogen and oxygen atoms in total. The van der Waals surface area contributed by atoms with Gasteiger partial charge in [0.15, 0.2) is 5.17 Å². The quantitative estimate of drug-likeness (QED) is 0.673. The Morgan fingerprint density at radius 3 is 2.65 bits per heavy atom. The van der Waals surface area contributed by atoms with Crippen molar-refractivity contribution in [2.24, 2.45) is 4.99 Å². The van der Waals surface area contributed by atoms with Crippen LogP contribution in [-0.2, 0) is 14.3 Å². The standard InChI is InChI=1S/C23H24N4O3S/c1-2-20(22(29)26-11-13-30-14-12-26)31-23-25-19(15-17-7-6-10-24-16-17)21(28)27(23)18-8-4-3-5-9-18/h3-10,15-16,20H,2,11-14H2,1H3. The minimum atomic E-state index is -0.325. The van der Waals surface area contributed by atoms with E-state index in [4.69, 9.17) is 4.74 Å². The Bertz CT molecular complexity index is 988. The summed E-state index contributed by atoms with van der Waals surface area (Å²) in [7, 11) is 0. The molecule has 0 N–H and O–H groups in total. The molecule has 2 aliphatic heterocycles. The summed E-state index contributed by atoms with van der Waals surface area (Å²) in [5.41, 5.74) is 1.85. The average Bonchev–Trinajstić information content (AvgIpc) is 3.13. The first kappa shape index (κ1) is 21.3. The largest absolute Gasteiger partial charge is 0.378 e. The fraction of sp³-hybridized carbons (Fsp3) is 0.304. The van der Waals surface area contributed by atoms with Crippen molar-refractivity contribution in [3.63, 3.8) is 0 Å². The maximum Gasteiger partial charge on any atom is 0.283 e. The summed E-state index contributed by atoms with van der Waals surface area (Å²) < 4.78 is 5.37. The topological polar surface area (TPSA) is 75.1 Å². The molecule has 3 heterocycles. The third kappa shape index (κ3) is 4.86. The number of nitrogens with zero attached hydrogens (tertiary/aromatic N) is 4. The van der Waals surface area contributed by atoms with Gasteiger partial charge in [-0.1, -0.05) is 43.0 Å². The summed E-state index contributed by atoms with van der Waals surface area (Å²) in [5.74, 6) is -0.158. The molecule has 31 heavy (non-hydrogen) atoms. The van der Waals surface area contributed by atoms with Gasteiger partial charge in [-0.3, -0.25) is 19.5 Å². The van der Waals surface area contributed by atoms with Gasteiger partial charge in [-0.2, -0.15) is 0 Å². The van der Waals surface area contributed by atoms with E-state index in [0.717, 1.165) is 11.3 Å². The van der Waals surface area contributed by atoms with Crippen LogP contribution in [0.1, 0.15) is 18.9 Å². The van der Waals surface area contributed by atoms with E-state index in [9.17, 15) is 9.59 Å². The fourth-order valence-electron chi connectivity index (χ4n) is 3.42. The number of amides is 2. The number of aromatic nitrogens is 1. The summed E-state index contributed by atoms with van der Waals surface area (Å²) >= 11 is 1.34. The number of hydrogen-bond acceptors (Lipinski definition) is 6. The van der Waals surface area contributed by atoms with Gasteiger partial charge < -0.3 is 9.64 Å². The van der Waals surface area contributed by atoms with Crippen molar-refractivity contribution >= 4 is 40.5 Å². The highest BCUT2D eigenvalue weighted by Gasteiger charge is 2.36. The molecule has 1 unspecified atom stereocenters. The molecule has 2 aliphatic rings. The van der Waals surface area contributed by atoms with Gasteiger partial charge in [0.05, 0.1) is 24.2 Å². The van der Waals surface area contributed by atoms with E-state index < -0.39 is 0 Å². The van der Waals surface area contributed by atoms with Gasteiger partial charge in [-0.15, -0.1) is 0 Å². The van der Waals surface area contributed by atoms with E-state index in [1.54, 1.807) is 23.4 Å². The molecule has 1 aromatic heterocycles. The molecule has 1 fully saturated rings. The molecule has 8 heteroatoms. The zero-order chi connectivity index (χ0) is 21.6. The van der Waals surface area contributed by atoms with Crippen LogP contribution < -0.4 is 4.90 Å². The van der Waals surface area contributed by atoms with E-state index in [0.29, 0.717) is 43.6 Å². The van der Waals surface area contributed by atoms with Crippen LogP contribution in [0.15, 0.2) is 65.5 Å². The molecule has 0 spiro atoms. The first-order chi connectivity index (χ1) is 15.2. The van der Waals surface area contributed by atoms with Crippen molar-refractivity contribution < 1.29 is 14.3 Å². The number of hydrogen-bond donors (Lipinski definition) is 0. The minimum Gasteiger partial charge on any atom is -0.378 e. The van der Waals surface area contributed by atoms with Gasteiger partial charge in [0.25, 0.3) is 5.91 Å². The molecule has 4 rings (SSSR count). The van der Waals surface area contributed by atoms with Crippen molar-refractivity contribution in [1.82, 2.24) is 9.88 Å². The number of carbonyl (C=O) groups is 2. The van der Waals surface area contributed by atoms with Crippen LogP contribution in [0.25, 0.3) is 6.08 Å². The first-order valence-electron chi connectivity index (χ1n) is 10.3. The molecule has 1 aromatic carbocycles. The molecule has 0 aliphatic carbocycles. The number of ether oxygens (including phenoxy) is 1. The normalized spacial score (nSPS) is 18.9. The number of aliphatic imine (C=N–C) groups is 1. The Morgan fingerprint density at radius 1 is 1.19 bits per heavy atom. The average molecular weight is 437 g/mol. The molecule has 1 atom stereocenters. The number of carbonyl (C=O) groups excluding carboxylic acids is 2. The molecule has 1 saturated heterocycles. The van der Waals surface area contributed by atoms with Crippen molar-refractivity contribution in [2.75, 3.05) is 31.2 Å². The van der Waals surface area contributed by atoms with Crippen LogP contribution in [0.5, 0.6) is 0 Å². The molecular weight excluding hydrogens is 412 g/mol. The molecule has 2 amide bonds. The minimum absolute atomic E-state index is 0.0589. The van der Waals surface area contributed by atoms with Crippen molar-refractivity contribution in [2.45, 2.75) is 18.6 Å². The monoisotopic (exact) mass is 436 g/mol. The number of rotatable bonds is 5. The number of para-hydroxylation sites is 1. The number of benzene rings is 1. The predicted octanol–water partition coefficient (Wildman–Crippen LogP) is 3.20. The van der Waals surface area contributed by atoms with Gasteiger partial charge in [-0.25, -0.2) is 4.99 Å². The molecule has 0 saturated carbocycles. The van der Waals surface area contributed by atoms with Gasteiger partial charge in [0.1, 0.15) is 5.70 Å². The third-order valence-corrected chi connectivity index (χ3v) is 6.35. The van der Waals surface area contributed by atoms with E-state index in [1.807, 2.05) is 54.3 Å². The lowest BCUT2D eigenvalue weighted by Crippen LogP contribution is -2.45. The summed E-state index contributed by atoms with van der Waals surface area (Å²) in [5, 5.41) is 0.188. The zero-order valence-electron chi connectivity index (χ0n) is 17.3. The number of pyridine rings is 1. The molecule has 0 radical (unpaired) electrons. The molecule has 0 bridgehead atoms. The zero-order valence-corrected chi connectivity index (χ0v) is 18.1. The highest BCUT2D eigenvalue weighted by Crippen LogP contribution is 2.32.